The van der Waals surface area contributed by atoms with E-state index < -0.39 is 5.82 Å². The van der Waals surface area contributed by atoms with Gasteiger partial charge in [-0.05, 0) is 24.6 Å². The highest BCUT2D eigenvalue weighted by molar-refractivity contribution is 5.90. The molecule has 0 unspecified atom stereocenters. The number of benzene rings is 1. The summed E-state index contributed by atoms with van der Waals surface area (Å²) in [4.78, 5) is 13.2. The molecular weight excluding hydrogens is 221 g/mol. The lowest BCUT2D eigenvalue weighted by Gasteiger charge is -2.17. The molecule has 0 radical (unpaired) electrons. The summed E-state index contributed by atoms with van der Waals surface area (Å²) in [6.45, 7) is 2.58. The van der Waals surface area contributed by atoms with E-state index in [9.17, 15) is 9.18 Å². The van der Waals surface area contributed by atoms with Crippen molar-refractivity contribution in [3.63, 3.8) is 0 Å². The topological polar surface area (TPSA) is 56.1 Å². The normalized spacial score (nSPS) is 9.53. The Morgan fingerprint density at radius 3 is 2.88 bits per heavy atom. The molecule has 0 aliphatic heterocycles. The molecule has 0 aromatic heterocycles. The minimum Gasteiger partial charge on any atom is -0.328 e. The van der Waals surface area contributed by atoms with Crippen LogP contribution >= 0.6 is 0 Å². The number of nitrogens with zero attached hydrogens (tertiary/aromatic N) is 2. The first kappa shape index (κ1) is 13.0. The molecule has 0 spiro atoms. The van der Waals surface area contributed by atoms with E-state index in [1.54, 1.807) is 7.05 Å². The maximum absolute atomic E-state index is 12.9. The number of anilines is 1. The van der Waals surface area contributed by atoms with Crippen molar-refractivity contribution in [1.82, 2.24) is 4.90 Å². The molecule has 17 heavy (non-hydrogen) atoms. The minimum absolute atomic E-state index is 0.114. The van der Waals surface area contributed by atoms with Crippen LogP contribution in [-0.4, -0.2) is 24.5 Å². The second-order valence-corrected chi connectivity index (χ2v) is 3.65. The average molecular weight is 235 g/mol. The van der Waals surface area contributed by atoms with Crippen LogP contribution in [0.4, 0.5) is 14.9 Å². The second-order valence-electron chi connectivity index (χ2n) is 3.65. The van der Waals surface area contributed by atoms with Gasteiger partial charge in [0.15, 0.2) is 0 Å². The van der Waals surface area contributed by atoms with Gasteiger partial charge in [0.05, 0.1) is 11.3 Å². The molecule has 0 aliphatic rings. The predicted molar refractivity (Wildman–Crippen MR) is 63.1 cm³/mol. The van der Waals surface area contributed by atoms with E-state index >= 15 is 0 Å². The summed E-state index contributed by atoms with van der Waals surface area (Å²) in [5.41, 5.74) is 0.435. The van der Waals surface area contributed by atoms with Crippen LogP contribution in [0.2, 0.25) is 0 Å². The van der Waals surface area contributed by atoms with Crippen LogP contribution in [0.1, 0.15) is 18.9 Å². The van der Waals surface area contributed by atoms with Crippen LogP contribution in [0.3, 0.4) is 0 Å². The van der Waals surface area contributed by atoms with E-state index in [1.807, 2.05) is 13.0 Å². The van der Waals surface area contributed by atoms with Gasteiger partial charge in [-0.2, -0.15) is 5.26 Å². The molecule has 1 rings (SSSR count). The summed E-state index contributed by atoms with van der Waals surface area (Å²) in [5, 5.41) is 11.4. The van der Waals surface area contributed by atoms with Gasteiger partial charge < -0.3 is 10.2 Å². The fraction of sp³-hybridized carbons (Fsp3) is 0.333. The Balaban J connectivity index is 2.82. The zero-order valence-corrected chi connectivity index (χ0v) is 9.83. The van der Waals surface area contributed by atoms with Crippen molar-refractivity contribution in [2.45, 2.75) is 13.3 Å². The fourth-order valence-corrected chi connectivity index (χ4v) is 1.37. The van der Waals surface area contributed by atoms with Crippen LogP contribution in [0.15, 0.2) is 18.2 Å². The molecule has 2 amide bonds. The van der Waals surface area contributed by atoms with Crippen LogP contribution in [-0.2, 0) is 0 Å². The number of nitriles is 1. The Hall–Kier alpha value is -2.09. The summed E-state index contributed by atoms with van der Waals surface area (Å²) in [6.07, 6.45) is 0.846. The number of carbonyl (C=O) groups is 1. The summed E-state index contributed by atoms with van der Waals surface area (Å²) in [6, 6.07) is 5.21. The van der Waals surface area contributed by atoms with Crippen LogP contribution in [0.5, 0.6) is 0 Å². The first-order chi connectivity index (χ1) is 8.08. The van der Waals surface area contributed by atoms with Gasteiger partial charge >= 0.3 is 6.03 Å². The Bertz CT molecular complexity index is 454. The van der Waals surface area contributed by atoms with Crippen LogP contribution in [0, 0.1) is 17.1 Å². The molecule has 1 aromatic rings. The third-order valence-electron chi connectivity index (χ3n) is 2.25. The summed E-state index contributed by atoms with van der Waals surface area (Å²) in [5.74, 6) is -0.499. The highest BCUT2D eigenvalue weighted by Crippen LogP contribution is 2.16. The zero-order chi connectivity index (χ0) is 12.8. The van der Waals surface area contributed by atoms with Gasteiger partial charge in [0, 0.05) is 13.6 Å². The van der Waals surface area contributed by atoms with Crippen molar-refractivity contribution in [3.8, 4) is 6.07 Å². The molecule has 0 atom stereocenters. The van der Waals surface area contributed by atoms with Gasteiger partial charge in [-0.25, -0.2) is 9.18 Å². The molecule has 5 heteroatoms. The van der Waals surface area contributed by atoms with E-state index in [0.29, 0.717) is 12.2 Å². The van der Waals surface area contributed by atoms with E-state index in [1.165, 1.54) is 17.0 Å². The number of hydrogen-bond donors (Lipinski definition) is 1. The largest absolute Gasteiger partial charge is 0.328 e. The third kappa shape index (κ3) is 3.45. The van der Waals surface area contributed by atoms with E-state index in [0.717, 1.165) is 12.5 Å². The van der Waals surface area contributed by atoms with E-state index in [2.05, 4.69) is 5.32 Å². The van der Waals surface area contributed by atoms with Crippen LogP contribution in [0.25, 0.3) is 0 Å². The fourth-order valence-electron chi connectivity index (χ4n) is 1.37. The van der Waals surface area contributed by atoms with Gasteiger partial charge in [-0.1, -0.05) is 6.92 Å². The van der Waals surface area contributed by atoms with E-state index in [-0.39, 0.29) is 11.6 Å². The van der Waals surface area contributed by atoms with Crippen molar-refractivity contribution in [2.75, 3.05) is 18.9 Å². The lowest BCUT2D eigenvalue weighted by Crippen LogP contribution is -2.32. The SMILES string of the molecule is CCCN(C)C(=O)Nc1ccc(F)cc1C#N. The molecular formula is C12H14FN3O. The van der Waals surface area contributed by atoms with Gasteiger partial charge in [0.2, 0.25) is 0 Å². The maximum Gasteiger partial charge on any atom is 0.321 e. The van der Waals surface area contributed by atoms with Gasteiger partial charge in [0.1, 0.15) is 11.9 Å². The Morgan fingerprint density at radius 2 is 2.29 bits per heavy atom. The number of nitrogens with one attached hydrogen (secondary N) is 1. The Morgan fingerprint density at radius 1 is 1.59 bits per heavy atom. The predicted octanol–water partition coefficient (Wildman–Crippen LogP) is 2.57. The van der Waals surface area contributed by atoms with Crippen molar-refractivity contribution < 1.29 is 9.18 Å². The molecule has 90 valence electrons. The zero-order valence-electron chi connectivity index (χ0n) is 9.83. The van der Waals surface area contributed by atoms with Gasteiger partial charge in [-0.3, -0.25) is 0 Å². The maximum atomic E-state index is 12.9. The molecule has 1 aromatic carbocycles. The molecule has 4 nitrogen and oxygen atoms in total. The highest BCUT2D eigenvalue weighted by Gasteiger charge is 2.10. The molecule has 0 bridgehead atoms. The first-order valence-corrected chi connectivity index (χ1v) is 5.30. The summed E-state index contributed by atoms with van der Waals surface area (Å²) >= 11 is 0. The van der Waals surface area contributed by atoms with Crippen molar-refractivity contribution >= 4 is 11.7 Å². The summed E-state index contributed by atoms with van der Waals surface area (Å²) in [7, 11) is 1.66. The smallest absolute Gasteiger partial charge is 0.321 e. The lowest BCUT2D eigenvalue weighted by molar-refractivity contribution is 0.222. The number of amides is 2. The first-order valence-electron chi connectivity index (χ1n) is 5.30. The van der Waals surface area contributed by atoms with Crippen molar-refractivity contribution in [3.05, 3.63) is 29.6 Å². The molecule has 0 saturated heterocycles. The standard InChI is InChI=1S/C12H14FN3O/c1-3-6-16(2)12(17)15-11-5-4-10(13)7-9(11)8-14/h4-5,7H,3,6H2,1-2H3,(H,15,17). The Kier molecular flexibility index (Phi) is 4.46. The molecule has 0 aliphatic carbocycles. The number of hydrogen-bond acceptors (Lipinski definition) is 2. The van der Waals surface area contributed by atoms with Crippen molar-refractivity contribution in [1.29, 1.82) is 5.26 Å². The minimum atomic E-state index is -0.499. The number of urea groups is 1. The van der Waals surface area contributed by atoms with E-state index in [4.69, 9.17) is 5.26 Å². The summed E-state index contributed by atoms with van der Waals surface area (Å²) < 4.78 is 12.9. The number of rotatable bonds is 3. The lowest BCUT2D eigenvalue weighted by atomic mass is 10.2. The Labute approximate surface area is 99.7 Å². The molecule has 0 fully saturated rings. The molecule has 1 N–H and O–H groups in total. The quantitative estimate of drug-likeness (QED) is 0.875. The monoisotopic (exact) mass is 235 g/mol. The average Bonchev–Trinajstić information content (AvgIpc) is 2.31. The third-order valence-corrected chi connectivity index (χ3v) is 2.25. The van der Waals surface area contributed by atoms with Gasteiger partial charge in [0.25, 0.3) is 0 Å². The van der Waals surface area contributed by atoms with Gasteiger partial charge in [-0.15, -0.1) is 0 Å². The number of carbonyl (C=O) groups excluding carboxylic acids is 1. The van der Waals surface area contributed by atoms with Crippen molar-refractivity contribution in [2.24, 2.45) is 0 Å². The van der Waals surface area contributed by atoms with Crippen LogP contribution < -0.4 is 5.32 Å². The molecule has 0 saturated carbocycles. The highest BCUT2D eigenvalue weighted by atomic mass is 19.1. The number of halogens is 1. The molecule has 0 heterocycles. The second kappa shape index (κ2) is 5.85.